The summed E-state index contributed by atoms with van der Waals surface area (Å²) in [5.41, 5.74) is 4.14. The van der Waals surface area contributed by atoms with E-state index in [0.717, 1.165) is 28.0 Å². The standard InChI is InChI=1S/C28H26N2O5S/c1-6-13-35-27(34)25-18(5)29-28(36-25)30-22(19-11-8-15(2)9-12-19)21(24(32)26(30)33)23(31)20-14-16(3)7-10-17(20)4/h6-12,14,22,31H,1,13H2,2-5H3/b23-21+. The van der Waals surface area contributed by atoms with Crippen molar-refractivity contribution in [2.45, 2.75) is 33.7 Å². The van der Waals surface area contributed by atoms with E-state index in [-0.39, 0.29) is 27.9 Å². The molecule has 36 heavy (non-hydrogen) atoms. The van der Waals surface area contributed by atoms with Crippen LogP contribution < -0.4 is 4.90 Å². The Hall–Kier alpha value is -4.04. The first-order valence-corrected chi connectivity index (χ1v) is 12.2. The zero-order valence-corrected chi connectivity index (χ0v) is 21.3. The molecule has 1 saturated heterocycles. The van der Waals surface area contributed by atoms with Gasteiger partial charge in [-0.3, -0.25) is 14.5 Å². The van der Waals surface area contributed by atoms with Crippen molar-refractivity contribution in [3.63, 3.8) is 0 Å². The van der Waals surface area contributed by atoms with E-state index in [1.165, 1.54) is 11.0 Å². The fraction of sp³-hybridized carbons (Fsp3) is 0.214. The van der Waals surface area contributed by atoms with Gasteiger partial charge in [0.15, 0.2) is 5.13 Å². The van der Waals surface area contributed by atoms with Gasteiger partial charge in [0.25, 0.3) is 5.78 Å². The van der Waals surface area contributed by atoms with Gasteiger partial charge in [-0.2, -0.15) is 0 Å². The zero-order chi connectivity index (χ0) is 26.1. The number of hydrogen-bond donors (Lipinski definition) is 1. The highest BCUT2D eigenvalue weighted by molar-refractivity contribution is 7.17. The summed E-state index contributed by atoms with van der Waals surface area (Å²) in [6, 6.07) is 12.0. The lowest BCUT2D eigenvalue weighted by Crippen LogP contribution is -2.29. The van der Waals surface area contributed by atoms with Gasteiger partial charge < -0.3 is 9.84 Å². The van der Waals surface area contributed by atoms with Gasteiger partial charge in [0.1, 0.15) is 17.2 Å². The number of benzene rings is 2. The van der Waals surface area contributed by atoms with E-state index in [1.54, 1.807) is 13.0 Å². The third-order valence-electron chi connectivity index (χ3n) is 5.99. The van der Waals surface area contributed by atoms with E-state index >= 15 is 0 Å². The lowest BCUT2D eigenvalue weighted by atomic mass is 9.93. The quantitative estimate of drug-likeness (QED) is 0.161. The minimum absolute atomic E-state index is 0.0267. The van der Waals surface area contributed by atoms with E-state index < -0.39 is 23.7 Å². The van der Waals surface area contributed by atoms with Crippen LogP contribution in [-0.2, 0) is 14.3 Å². The van der Waals surface area contributed by atoms with Crippen molar-refractivity contribution in [1.29, 1.82) is 0 Å². The Bertz CT molecular complexity index is 1420. The molecule has 7 nitrogen and oxygen atoms in total. The fourth-order valence-corrected chi connectivity index (χ4v) is 5.09. The summed E-state index contributed by atoms with van der Waals surface area (Å²) in [5.74, 6) is -2.48. The molecule has 1 atom stereocenters. The molecule has 0 aliphatic carbocycles. The number of thiazole rings is 1. The number of carbonyl (C=O) groups excluding carboxylic acids is 3. The number of aryl methyl sites for hydroxylation is 4. The minimum Gasteiger partial charge on any atom is -0.507 e. The number of ketones is 1. The van der Waals surface area contributed by atoms with Crippen LogP contribution in [0.25, 0.3) is 5.76 Å². The molecule has 3 aromatic rings. The molecule has 0 bridgehead atoms. The molecule has 8 heteroatoms. The monoisotopic (exact) mass is 502 g/mol. The van der Waals surface area contributed by atoms with Crippen LogP contribution in [-0.4, -0.2) is 34.4 Å². The van der Waals surface area contributed by atoms with E-state index in [9.17, 15) is 19.5 Å². The first kappa shape index (κ1) is 25.1. The van der Waals surface area contributed by atoms with Crippen molar-refractivity contribution in [3.05, 3.63) is 99.1 Å². The number of nitrogens with zero attached hydrogens (tertiary/aromatic N) is 2. The van der Waals surface area contributed by atoms with Gasteiger partial charge in [0.2, 0.25) is 0 Å². The molecule has 1 fully saturated rings. The summed E-state index contributed by atoms with van der Waals surface area (Å²) in [6.45, 7) is 10.9. The van der Waals surface area contributed by atoms with Crippen LogP contribution in [0.2, 0.25) is 0 Å². The summed E-state index contributed by atoms with van der Waals surface area (Å²) in [7, 11) is 0. The van der Waals surface area contributed by atoms with Crippen molar-refractivity contribution in [2.75, 3.05) is 11.5 Å². The molecule has 1 aliphatic heterocycles. The number of aliphatic hydroxyl groups excluding tert-OH is 1. The van der Waals surface area contributed by atoms with Crippen LogP contribution in [0.4, 0.5) is 5.13 Å². The van der Waals surface area contributed by atoms with Gasteiger partial charge in [0.05, 0.1) is 17.3 Å². The number of esters is 1. The second-order valence-electron chi connectivity index (χ2n) is 8.70. The van der Waals surface area contributed by atoms with Crippen LogP contribution in [0.5, 0.6) is 0 Å². The van der Waals surface area contributed by atoms with Crippen molar-refractivity contribution in [1.82, 2.24) is 4.98 Å². The van der Waals surface area contributed by atoms with Crippen LogP contribution in [0.1, 0.15) is 49.2 Å². The second kappa shape index (κ2) is 9.91. The highest BCUT2D eigenvalue weighted by atomic mass is 32.1. The Labute approximate surface area is 213 Å². The van der Waals surface area contributed by atoms with Crippen molar-refractivity contribution in [3.8, 4) is 0 Å². The number of anilines is 1. The maximum absolute atomic E-state index is 13.4. The van der Waals surface area contributed by atoms with E-state index in [1.807, 2.05) is 57.2 Å². The molecule has 0 saturated carbocycles. The number of amides is 1. The Balaban J connectivity index is 1.91. The fourth-order valence-electron chi connectivity index (χ4n) is 4.10. The topological polar surface area (TPSA) is 96.8 Å². The number of ether oxygens (including phenoxy) is 1. The first-order chi connectivity index (χ1) is 17.1. The molecule has 0 radical (unpaired) electrons. The molecule has 1 aromatic heterocycles. The average molecular weight is 503 g/mol. The molecule has 1 N–H and O–H groups in total. The SMILES string of the molecule is C=CCOC(=O)c1sc(N2C(=O)C(=O)/C(=C(/O)c3cc(C)ccc3C)C2c2ccc(C)cc2)nc1C. The van der Waals surface area contributed by atoms with Crippen LogP contribution >= 0.6 is 11.3 Å². The van der Waals surface area contributed by atoms with Crippen molar-refractivity contribution in [2.24, 2.45) is 0 Å². The number of Topliss-reactive ketones (excluding diaryl/α,β-unsaturated/α-hetero) is 1. The first-order valence-electron chi connectivity index (χ1n) is 11.3. The maximum Gasteiger partial charge on any atom is 0.350 e. The normalized spacial score (nSPS) is 16.9. The van der Waals surface area contributed by atoms with Crippen LogP contribution in [0, 0.1) is 27.7 Å². The Morgan fingerprint density at radius 3 is 2.44 bits per heavy atom. The maximum atomic E-state index is 13.4. The molecule has 184 valence electrons. The van der Waals surface area contributed by atoms with Gasteiger partial charge in [-0.25, -0.2) is 9.78 Å². The summed E-state index contributed by atoms with van der Waals surface area (Å²) in [6.07, 6.45) is 1.46. The molecular weight excluding hydrogens is 476 g/mol. The van der Waals surface area contributed by atoms with Crippen LogP contribution in [0.3, 0.4) is 0 Å². The molecule has 4 rings (SSSR count). The van der Waals surface area contributed by atoms with E-state index in [2.05, 4.69) is 11.6 Å². The number of aliphatic hydroxyl groups is 1. The lowest BCUT2D eigenvalue weighted by Gasteiger charge is -2.23. The third-order valence-corrected chi connectivity index (χ3v) is 7.13. The summed E-state index contributed by atoms with van der Waals surface area (Å²) < 4.78 is 5.14. The smallest absolute Gasteiger partial charge is 0.350 e. The number of hydrogen-bond acceptors (Lipinski definition) is 7. The van der Waals surface area contributed by atoms with Gasteiger partial charge in [-0.1, -0.05) is 71.5 Å². The Morgan fingerprint density at radius 1 is 1.11 bits per heavy atom. The summed E-state index contributed by atoms with van der Waals surface area (Å²) in [5, 5.41) is 11.6. The van der Waals surface area contributed by atoms with Crippen molar-refractivity contribution >= 4 is 39.9 Å². The molecule has 1 unspecified atom stereocenters. The van der Waals surface area contributed by atoms with E-state index in [0.29, 0.717) is 16.8 Å². The number of carbonyl (C=O) groups is 3. The predicted molar refractivity (Wildman–Crippen MR) is 139 cm³/mol. The zero-order valence-electron chi connectivity index (χ0n) is 20.5. The molecule has 1 aliphatic rings. The molecule has 2 heterocycles. The number of aromatic nitrogens is 1. The second-order valence-corrected chi connectivity index (χ2v) is 9.67. The lowest BCUT2D eigenvalue weighted by molar-refractivity contribution is -0.132. The predicted octanol–water partition coefficient (Wildman–Crippen LogP) is 5.35. The Kier molecular flexibility index (Phi) is 6.90. The van der Waals surface area contributed by atoms with Crippen LogP contribution in [0.15, 0.2) is 60.7 Å². The van der Waals surface area contributed by atoms with E-state index in [4.69, 9.17) is 4.74 Å². The van der Waals surface area contributed by atoms with Crippen molar-refractivity contribution < 1.29 is 24.2 Å². The molecular formula is C28H26N2O5S. The molecule has 0 spiro atoms. The third kappa shape index (κ3) is 4.47. The number of rotatable bonds is 6. The highest BCUT2D eigenvalue weighted by Crippen LogP contribution is 2.44. The highest BCUT2D eigenvalue weighted by Gasteiger charge is 2.48. The van der Waals surface area contributed by atoms with Gasteiger partial charge in [-0.15, -0.1) is 0 Å². The minimum atomic E-state index is -0.923. The van der Waals surface area contributed by atoms with Gasteiger partial charge >= 0.3 is 11.9 Å². The van der Waals surface area contributed by atoms with Gasteiger partial charge in [-0.05, 0) is 44.9 Å². The summed E-state index contributed by atoms with van der Waals surface area (Å²) >= 11 is 0.967. The summed E-state index contributed by atoms with van der Waals surface area (Å²) in [4.78, 5) is 45.2. The average Bonchev–Trinajstić information content (AvgIpc) is 3.36. The van der Waals surface area contributed by atoms with Gasteiger partial charge in [0, 0.05) is 5.56 Å². The Morgan fingerprint density at radius 2 is 1.78 bits per heavy atom. The molecule has 2 aromatic carbocycles. The largest absolute Gasteiger partial charge is 0.507 e. The molecule has 1 amide bonds.